The molecule has 9 heteroatoms. The van der Waals surface area contributed by atoms with Crippen LogP contribution in [0.2, 0.25) is 0 Å². The Morgan fingerprint density at radius 2 is 1.85 bits per heavy atom. The van der Waals surface area contributed by atoms with Crippen LogP contribution < -0.4 is 5.32 Å². The first kappa shape index (κ1) is 21.9. The maximum atomic E-state index is 12.9. The molecule has 0 aliphatic rings. The molecule has 1 amide bonds. The van der Waals surface area contributed by atoms with E-state index in [4.69, 9.17) is 0 Å². The molecule has 0 saturated heterocycles. The Labute approximate surface area is 190 Å². The monoisotopic (exact) mass is 444 g/mol. The van der Waals surface area contributed by atoms with E-state index in [1.54, 1.807) is 20.0 Å². The summed E-state index contributed by atoms with van der Waals surface area (Å²) in [6.07, 6.45) is 6.08. The van der Waals surface area contributed by atoms with E-state index < -0.39 is 10.5 Å². The van der Waals surface area contributed by atoms with Gasteiger partial charge in [0.25, 0.3) is 0 Å². The number of rotatable bonds is 8. The van der Waals surface area contributed by atoms with Gasteiger partial charge in [0.2, 0.25) is 5.91 Å². The molecule has 2 heterocycles. The predicted molar refractivity (Wildman–Crippen MR) is 123 cm³/mol. The standard InChI is InChI=1S/C24H24N6O3/c1-24(2,29-17-21(15-27-29)30(32)33)23(31)25-14-20-6-3-4-7-22(20)19-10-8-18(9-11-19)16-28-13-5-12-26-28/h3-13,15,17H,14,16H2,1-2H3,(H,25,31). The Bertz CT molecular complexity index is 1260. The van der Waals surface area contributed by atoms with Gasteiger partial charge >= 0.3 is 5.69 Å². The number of nitro groups is 1. The number of nitrogens with one attached hydrogen (secondary N) is 1. The first-order chi connectivity index (χ1) is 15.8. The van der Waals surface area contributed by atoms with Crippen LogP contribution in [0.4, 0.5) is 5.69 Å². The average molecular weight is 444 g/mol. The van der Waals surface area contributed by atoms with Crippen LogP contribution in [0, 0.1) is 10.1 Å². The maximum Gasteiger partial charge on any atom is 0.307 e. The van der Waals surface area contributed by atoms with Gasteiger partial charge in [-0.05, 0) is 42.2 Å². The molecule has 0 aliphatic heterocycles. The minimum atomic E-state index is -1.09. The third-order valence-electron chi connectivity index (χ3n) is 5.53. The molecule has 4 aromatic rings. The van der Waals surface area contributed by atoms with Crippen LogP contribution in [-0.2, 0) is 23.4 Å². The highest BCUT2D eigenvalue weighted by molar-refractivity contribution is 5.83. The van der Waals surface area contributed by atoms with Gasteiger partial charge in [-0.25, -0.2) is 0 Å². The quantitative estimate of drug-likeness (QED) is 0.329. The van der Waals surface area contributed by atoms with Gasteiger partial charge in [0.1, 0.15) is 17.9 Å². The summed E-state index contributed by atoms with van der Waals surface area (Å²) in [5.74, 6) is -0.287. The van der Waals surface area contributed by atoms with E-state index in [0.29, 0.717) is 13.1 Å². The second-order valence-corrected chi connectivity index (χ2v) is 8.20. The molecule has 168 valence electrons. The van der Waals surface area contributed by atoms with Crippen molar-refractivity contribution in [3.8, 4) is 11.1 Å². The van der Waals surface area contributed by atoms with Crippen molar-refractivity contribution in [2.75, 3.05) is 0 Å². The molecule has 0 fully saturated rings. The zero-order chi connectivity index (χ0) is 23.4. The molecule has 2 aromatic carbocycles. The molecule has 9 nitrogen and oxygen atoms in total. The van der Waals surface area contributed by atoms with Gasteiger partial charge in [-0.1, -0.05) is 48.5 Å². The summed E-state index contributed by atoms with van der Waals surface area (Å²) in [6.45, 7) is 4.36. The van der Waals surface area contributed by atoms with Crippen molar-refractivity contribution in [3.63, 3.8) is 0 Å². The number of amides is 1. The zero-order valence-electron chi connectivity index (χ0n) is 18.4. The van der Waals surface area contributed by atoms with E-state index >= 15 is 0 Å². The van der Waals surface area contributed by atoms with Crippen LogP contribution in [0.1, 0.15) is 25.0 Å². The molecule has 0 spiro atoms. The third-order valence-corrected chi connectivity index (χ3v) is 5.53. The fraction of sp³-hybridized carbons (Fsp3) is 0.208. The first-order valence-electron chi connectivity index (χ1n) is 10.5. The van der Waals surface area contributed by atoms with Crippen LogP contribution >= 0.6 is 0 Å². The van der Waals surface area contributed by atoms with Crippen molar-refractivity contribution < 1.29 is 9.72 Å². The Kier molecular flexibility index (Phi) is 6.03. The summed E-state index contributed by atoms with van der Waals surface area (Å²) in [6, 6.07) is 18.0. The maximum absolute atomic E-state index is 12.9. The van der Waals surface area contributed by atoms with Gasteiger partial charge < -0.3 is 5.32 Å². The number of benzene rings is 2. The third kappa shape index (κ3) is 4.82. The fourth-order valence-electron chi connectivity index (χ4n) is 3.54. The Hall–Kier alpha value is -4.27. The molecule has 0 bridgehead atoms. The van der Waals surface area contributed by atoms with Gasteiger partial charge in [0.15, 0.2) is 0 Å². The number of hydrogen-bond acceptors (Lipinski definition) is 5. The highest BCUT2D eigenvalue weighted by Gasteiger charge is 2.32. The van der Waals surface area contributed by atoms with Crippen LogP contribution in [0.5, 0.6) is 0 Å². The molecule has 0 atom stereocenters. The first-order valence-corrected chi connectivity index (χ1v) is 10.5. The fourth-order valence-corrected chi connectivity index (χ4v) is 3.54. The van der Waals surface area contributed by atoms with Crippen LogP contribution in [0.25, 0.3) is 11.1 Å². The molecule has 1 N–H and O–H groups in total. The largest absolute Gasteiger partial charge is 0.350 e. The minimum Gasteiger partial charge on any atom is -0.350 e. The van der Waals surface area contributed by atoms with Crippen molar-refractivity contribution in [1.82, 2.24) is 24.9 Å². The number of nitrogens with zero attached hydrogens (tertiary/aromatic N) is 5. The van der Waals surface area contributed by atoms with Crippen molar-refractivity contribution >= 4 is 11.6 Å². The Morgan fingerprint density at radius 3 is 2.52 bits per heavy atom. The summed E-state index contributed by atoms with van der Waals surface area (Å²) in [5.41, 5.74) is 2.94. The molecule has 4 rings (SSSR count). The summed E-state index contributed by atoms with van der Waals surface area (Å²) in [7, 11) is 0. The smallest absolute Gasteiger partial charge is 0.307 e. The van der Waals surface area contributed by atoms with E-state index in [2.05, 4.69) is 39.8 Å². The Balaban J connectivity index is 1.47. The molecular formula is C24H24N6O3. The summed E-state index contributed by atoms with van der Waals surface area (Å²) < 4.78 is 3.18. The minimum absolute atomic E-state index is 0.155. The number of carbonyl (C=O) groups is 1. The summed E-state index contributed by atoms with van der Waals surface area (Å²) >= 11 is 0. The van der Waals surface area contributed by atoms with Crippen molar-refractivity contribution in [1.29, 1.82) is 0 Å². The molecule has 0 aliphatic carbocycles. The SMILES string of the molecule is CC(C)(C(=O)NCc1ccccc1-c1ccc(Cn2cccn2)cc1)n1cc([N+](=O)[O-])cn1. The lowest BCUT2D eigenvalue weighted by Gasteiger charge is -2.24. The zero-order valence-corrected chi connectivity index (χ0v) is 18.4. The van der Waals surface area contributed by atoms with Crippen LogP contribution in [0.3, 0.4) is 0 Å². The van der Waals surface area contributed by atoms with Gasteiger partial charge in [-0.3, -0.25) is 24.3 Å². The van der Waals surface area contributed by atoms with Gasteiger partial charge in [-0.2, -0.15) is 10.2 Å². The summed E-state index contributed by atoms with van der Waals surface area (Å²) in [4.78, 5) is 23.3. The predicted octanol–water partition coefficient (Wildman–Crippen LogP) is 3.75. The lowest BCUT2D eigenvalue weighted by molar-refractivity contribution is -0.385. The van der Waals surface area contributed by atoms with Gasteiger partial charge in [0.05, 0.1) is 11.5 Å². The molecule has 33 heavy (non-hydrogen) atoms. The van der Waals surface area contributed by atoms with Crippen molar-refractivity contribution in [2.24, 2.45) is 0 Å². The normalized spacial score (nSPS) is 11.3. The van der Waals surface area contributed by atoms with E-state index in [9.17, 15) is 14.9 Å². The molecule has 0 saturated carbocycles. The highest BCUT2D eigenvalue weighted by Crippen LogP contribution is 2.25. The topological polar surface area (TPSA) is 108 Å². The second kappa shape index (κ2) is 9.07. The molecule has 2 aromatic heterocycles. The molecular weight excluding hydrogens is 420 g/mol. The highest BCUT2D eigenvalue weighted by atomic mass is 16.6. The number of hydrogen-bond donors (Lipinski definition) is 1. The van der Waals surface area contributed by atoms with E-state index in [1.165, 1.54) is 10.9 Å². The molecule has 0 radical (unpaired) electrons. The van der Waals surface area contributed by atoms with E-state index in [1.807, 2.05) is 41.2 Å². The average Bonchev–Trinajstić information content (AvgIpc) is 3.51. The van der Waals surface area contributed by atoms with Crippen LogP contribution in [0.15, 0.2) is 79.4 Å². The van der Waals surface area contributed by atoms with E-state index in [-0.39, 0.29) is 11.6 Å². The summed E-state index contributed by atoms with van der Waals surface area (Å²) in [5, 5.41) is 22.1. The van der Waals surface area contributed by atoms with Crippen molar-refractivity contribution in [3.05, 3.63) is 101 Å². The van der Waals surface area contributed by atoms with Gasteiger partial charge in [0, 0.05) is 18.9 Å². The lowest BCUT2D eigenvalue weighted by atomic mass is 9.98. The lowest BCUT2D eigenvalue weighted by Crippen LogP contribution is -2.44. The second-order valence-electron chi connectivity index (χ2n) is 8.20. The number of carbonyl (C=O) groups excluding carboxylic acids is 1. The number of aromatic nitrogens is 4. The Morgan fingerprint density at radius 1 is 1.09 bits per heavy atom. The molecule has 0 unspecified atom stereocenters. The van der Waals surface area contributed by atoms with Crippen molar-refractivity contribution in [2.45, 2.75) is 32.5 Å². The van der Waals surface area contributed by atoms with Gasteiger partial charge in [-0.15, -0.1) is 0 Å². The van der Waals surface area contributed by atoms with Crippen LogP contribution in [-0.4, -0.2) is 30.4 Å². The van der Waals surface area contributed by atoms with E-state index in [0.717, 1.165) is 28.5 Å².